The van der Waals surface area contributed by atoms with E-state index in [0.717, 1.165) is 19.3 Å². The molecule has 0 bridgehead atoms. The van der Waals surface area contributed by atoms with Crippen LogP contribution in [0.2, 0.25) is 10.0 Å². The van der Waals surface area contributed by atoms with E-state index >= 15 is 0 Å². The molecule has 1 fully saturated rings. The Morgan fingerprint density at radius 1 is 1.18 bits per heavy atom. The number of nitrogens with zero attached hydrogens (tertiary/aromatic N) is 3. The van der Waals surface area contributed by atoms with E-state index in [1.165, 1.54) is 22.9 Å². The van der Waals surface area contributed by atoms with Gasteiger partial charge in [0.1, 0.15) is 9.77 Å². The normalized spacial score (nSPS) is 19.2. The van der Waals surface area contributed by atoms with Crippen molar-refractivity contribution >= 4 is 58.1 Å². The van der Waals surface area contributed by atoms with Crippen molar-refractivity contribution in [2.75, 3.05) is 18.0 Å². The van der Waals surface area contributed by atoms with E-state index in [1.807, 2.05) is 32.9 Å². The number of nitrogens with two attached hydrogens (primary N) is 1. The smallest absolute Gasteiger partial charge is 0.271 e. The number of aromatic nitrogens is 2. The first-order valence-electron chi connectivity index (χ1n) is 12.8. The van der Waals surface area contributed by atoms with Crippen molar-refractivity contribution in [2.24, 2.45) is 11.1 Å². The molecule has 1 aliphatic carbocycles. The molecular formula is C28H31Cl2N5O2S2. The van der Waals surface area contributed by atoms with Crippen molar-refractivity contribution in [2.45, 2.75) is 60.7 Å². The maximum absolute atomic E-state index is 13.2. The van der Waals surface area contributed by atoms with Gasteiger partial charge < -0.3 is 15.2 Å². The molecule has 1 spiro atoms. The lowest BCUT2D eigenvalue weighted by atomic mass is 9.73. The van der Waals surface area contributed by atoms with Crippen LogP contribution in [0.15, 0.2) is 58.6 Å². The Labute approximate surface area is 246 Å². The quantitative estimate of drug-likeness (QED) is 0.334. The summed E-state index contributed by atoms with van der Waals surface area (Å²) in [5.41, 5.74) is 8.33. The molecule has 3 N–H and O–H groups in total. The van der Waals surface area contributed by atoms with Crippen LogP contribution in [-0.2, 0) is 17.8 Å². The summed E-state index contributed by atoms with van der Waals surface area (Å²) in [7, 11) is 0. The molecule has 2 atom stereocenters. The lowest BCUT2D eigenvalue weighted by molar-refractivity contribution is 0.0994. The van der Waals surface area contributed by atoms with Gasteiger partial charge in [0.2, 0.25) is 0 Å². The molecule has 1 aromatic heterocycles. The molecule has 3 aromatic rings. The molecule has 1 unspecified atom stereocenters. The van der Waals surface area contributed by atoms with E-state index in [4.69, 9.17) is 28.9 Å². The Balaban J connectivity index is 1.37. The Hall–Kier alpha value is -2.01. The molecule has 39 heavy (non-hydrogen) atoms. The third-order valence-electron chi connectivity index (χ3n) is 7.46. The number of rotatable bonds is 6. The van der Waals surface area contributed by atoms with Crippen LogP contribution in [0.1, 0.15) is 61.3 Å². The predicted molar refractivity (Wildman–Crippen MR) is 159 cm³/mol. The first-order chi connectivity index (χ1) is 18.5. The molecule has 1 amide bonds. The van der Waals surface area contributed by atoms with Crippen LogP contribution in [0.25, 0.3) is 0 Å². The molecule has 0 radical (unpaired) electrons. The summed E-state index contributed by atoms with van der Waals surface area (Å²) >= 11 is 12.6. The first-order valence-corrected chi connectivity index (χ1v) is 15.5. The average Bonchev–Trinajstić information content (AvgIpc) is 3.19. The molecule has 206 valence electrons. The predicted octanol–water partition coefficient (Wildman–Crippen LogP) is 5.97. The Kier molecular flexibility index (Phi) is 8.12. The molecular weight excluding hydrogens is 573 g/mol. The van der Waals surface area contributed by atoms with E-state index in [2.05, 4.69) is 37.8 Å². The van der Waals surface area contributed by atoms with Gasteiger partial charge in [0.15, 0.2) is 11.5 Å². The topological polar surface area (TPSA) is 107 Å². The minimum atomic E-state index is -1.21. The van der Waals surface area contributed by atoms with Crippen molar-refractivity contribution in [3.05, 3.63) is 75.5 Å². The molecule has 2 heterocycles. The number of nitrogens with one attached hydrogen (secondary N) is 1. The lowest BCUT2D eigenvalue weighted by Gasteiger charge is -2.44. The molecule has 1 saturated heterocycles. The second-order valence-electron chi connectivity index (χ2n) is 11.1. The number of carbonyl (C=O) groups is 1. The maximum atomic E-state index is 13.2. The molecule has 1 aliphatic heterocycles. The number of benzene rings is 2. The monoisotopic (exact) mass is 603 g/mol. The highest BCUT2D eigenvalue weighted by molar-refractivity contribution is 7.99. The van der Waals surface area contributed by atoms with Crippen molar-refractivity contribution in [3.8, 4) is 0 Å². The Bertz CT molecular complexity index is 1390. The van der Waals surface area contributed by atoms with Gasteiger partial charge >= 0.3 is 0 Å². The molecule has 5 rings (SSSR count). The van der Waals surface area contributed by atoms with Crippen molar-refractivity contribution < 1.29 is 9.35 Å². The minimum absolute atomic E-state index is 0.0150. The van der Waals surface area contributed by atoms with Gasteiger partial charge in [-0.15, -0.1) is 4.72 Å². The zero-order valence-corrected chi connectivity index (χ0v) is 25.2. The van der Waals surface area contributed by atoms with Gasteiger partial charge in [0, 0.05) is 34.8 Å². The van der Waals surface area contributed by atoms with Gasteiger partial charge in [-0.25, -0.2) is 9.97 Å². The number of amides is 1. The van der Waals surface area contributed by atoms with E-state index in [1.54, 1.807) is 18.3 Å². The second-order valence-corrected chi connectivity index (χ2v) is 14.9. The minimum Gasteiger partial charge on any atom is -0.598 e. The highest BCUT2D eigenvalue weighted by Crippen LogP contribution is 2.53. The van der Waals surface area contributed by atoms with Crippen molar-refractivity contribution in [1.29, 1.82) is 0 Å². The van der Waals surface area contributed by atoms with Crippen LogP contribution in [0.4, 0.5) is 5.82 Å². The fourth-order valence-corrected chi connectivity index (χ4v) is 7.61. The number of primary amides is 1. The zero-order chi connectivity index (χ0) is 27.9. The number of fused-ring (bicyclic) bond motifs is 1. The number of halogens is 2. The van der Waals surface area contributed by atoms with E-state index in [9.17, 15) is 9.35 Å². The van der Waals surface area contributed by atoms with Gasteiger partial charge in [-0.1, -0.05) is 65.3 Å². The third kappa shape index (κ3) is 5.76. The summed E-state index contributed by atoms with van der Waals surface area (Å²) in [6, 6.07) is 13.8. The summed E-state index contributed by atoms with van der Waals surface area (Å²) in [5, 5.41) is 1.37. The standard InChI is InChI=1S/C28H31Cl2N5O2S2/c1-27(2,3)39(37)34-24-18-8-5-4-7-17(18)15-28(24)11-13-35(14-12-28)26-23(25(31)36)33-21(16-32-26)38-20-10-6-9-19(29)22(20)30/h4-10,16,24,34H,11-15H2,1-3H3,(H2,31,36)/t24-,39?/m1/s1. The molecule has 7 nitrogen and oxygen atoms in total. The fraction of sp³-hybridized carbons (Fsp3) is 0.393. The van der Waals surface area contributed by atoms with Gasteiger partial charge in [0.25, 0.3) is 5.91 Å². The number of anilines is 1. The zero-order valence-electron chi connectivity index (χ0n) is 22.0. The summed E-state index contributed by atoms with van der Waals surface area (Å²) in [6.07, 6.45) is 4.24. The highest BCUT2D eigenvalue weighted by atomic mass is 35.5. The number of piperidine rings is 1. The fourth-order valence-electron chi connectivity index (χ4n) is 5.38. The van der Waals surface area contributed by atoms with Gasteiger partial charge in [-0.05, 0) is 63.3 Å². The molecule has 0 saturated carbocycles. The van der Waals surface area contributed by atoms with E-state index < -0.39 is 17.3 Å². The average molecular weight is 605 g/mol. The SMILES string of the molecule is CC(C)(C)[S+]([O-])N[C@@H]1c2ccccc2CC12CCN(c1ncc(Sc3cccc(Cl)c3Cl)nc1C(N)=O)CC2. The van der Waals surface area contributed by atoms with Gasteiger partial charge in [0.05, 0.1) is 22.3 Å². The molecule has 11 heteroatoms. The van der Waals surface area contributed by atoms with Gasteiger partial charge in [-0.2, -0.15) is 0 Å². The van der Waals surface area contributed by atoms with Crippen LogP contribution in [-0.4, -0.2) is 38.3 Å². The highest BCUT2D eigenvalue weighted by Gasteiger charge is 2.50. The summed E-state index contributed by atoms with van der Waals surface area (Å²) < 4.78 is 16.3. The first kappa shape index (κ1) is 28.5. The summed E-state index contributed by atoms with van der Waals surface area (Å²) in [6.45, 7) is 7.31. The van der Waals surface area contributed by atoms with E-state index in [-0.39, 0.29) is 21.9 Å². The van der Waals surface area contributed by atoms with E-state index in [0.29, 0.717) is 38.9 Å². The van der Waals surface area contributed by atoms with Gasteiger partial charge in [-0.3, -0.25) is 4.79 Å². The largest absolute Gasteiger partial charge is 0.598 e. The Morgan fingerprint density at radius 3 is 2.59 bits per heavy atom. The second kappa shape index (κ2) is 11.1. The number of hydrogen-bond acceptors (Lipinski definition) is 7. The van der Waals surface area contributed by atoms with Crippen LogP contribution in [0, 0.1) is 5.41 Å². The summed E-state index contributed by atoms with van der Waals surface area (Å²) in [5.74, 6) is -0.150. The van der Waals surface area contributed by atoms with Crippen LogP contribution >= 0.6 is 35.0 Å². The number of carbonyl (C=O) groups excluding carboxylic acids is 1. The Morgan fingerprint density at radius 2 is 1.90 bits per heavy atom. The lowest BCUT2D eigenvalue weighted by Crippen LogP contribution is -2.50. The maximum Gasteiger partial charge on any atom is 0.271 e. The van der Waals surface area contributed by atoms with Crippen molar-refractivity contribution in [1.82, 2.24) is 14.7 Å². The van der Waals surface area contributed by atoms with Crippen LogP contribution in [0.5, 0.6) is 0 Å². The summed E-state index contributed by atoms with van der Waals surface area (Å²) in [4.78, 5) is 24.4. The van der Waals surface area contributed by atoms with Crippen LogP contribution < -0.4 is 15.4 Å². The molecule has 2 aromatic carbocycles. The third-order valence-corrected chi connectivity index (χ3v) is 10.9. The molecule has 2 aliphatic rings. The number of hydrogen-bond donors (Lipinski definition) is 2. The van der Waals surface area contributed by atoms with Crippen LogP contribution in [0.3, 0.4) is 0 Å². The van der Waals surface area contributed by atoms with Crippen molar-refractivity contribution in [3.63, 3.8) is 0 Å².